The van der Waals surface area contributed by atoms with E-state index in [9.17, 15) is 19.0 Å². The van der Waals surface area contributed by atoms with Crippen LogP contribution < -0.4 is 5.73 Å². The van der Waals surface area contributed by atoms with Crippen LogP contribution in [0.2, 0.25) is 0 Å². The number of hydrogen-bond donors (Lipinski definition) is 2. The number of esters is 2. The van der Waals surface area contributed by atoms with Crippen molar-refractivity contribution in [3.05, 3.63) is 60.8 Å². The maximum absolute atomic E-state index is 12.7. The van der Waals surface area contributed by atoms with E-state index >= 15 is 0 Å². The van der Waals surface area contributed by atoms with Gasteiger partial charge in [-0.05, 0) is 57.8 Å². The molecule has 0 saturated carbocycles. The van der Waals surface area contributed by atoms with Gasteiger partial charge in [0, 0.05) is 19.4 Å². The topological polar surface area (TPSA) is 134 Å². The summed E-state index contributed by atoms with van der Waals surface area (Å²) in [5.74, 6) is -0.810. The highest BCUT2D eigenvalue weighted by Gasteiger charge is 2.26. The van der Waals surface area contributed by atoms with Gasteiger partial charge in [0.05, 0.1) is 13.2 Å². The molecule has 0 aliphatic heterocycles. The van der Waals surface area contributed by atoms with Gasteiger partial charge >= 0.3 is 19.8 Å². The molecule has 0 rings (SSSR count). The van der Waals surface area contributed by atoms with Gasteiger partial charge in [0.15, 0.2) is 6.10 Å². The third-order valence-electron chi connectivity index (χ3n) is 14.2. The number of allylic oxidation sites excluding steroid dienone is 10. The van der Waals surface area contributed by atoms with Crippen LogP contribution in [0.4, 0.5) is 0 Å². The maximum Gasteiger partial charge on any atom is 0.472 e. The first-order chi connectivity index (χ1) is 37.3. The van der Waals surface area contributed by atoms with Crippen LogP contribution in [0.5, 0.6) is 0 Å². The molecule has 0 fully saturated rings. The number of carbonyl (C=O) groups is 2. The molecule has 2 unspecified atom stereocenters. The lowest BCUT2D eigenvalue weighted by atomic mass is 10.0. The van der Waals surface area contributed by atoms with Crippen LogP contribution in [0.25, 0.3) is 0 Å². The monoisotopic (exact) mass is 1090 g/mol. The van der Waals surface area contributed by atoms with Gasteiger partial charge in [-0.15, -0.1) is 0 Å². The average molecular weight is 1090 g/mol. The molecule has 0 aromatic heterocycles. The molecule has 0 saturated heterocycles. The summed E-state index contributed by atoms with van der Waals surface area (Å²) in [6.45, 7) is 3.67. The number of phosphoric acid groups is 1. The van der Waals surface area contributed by atoms with Crippen molar-refractivity contribution in [1.82, 2.24) is 0 Å². The number of phosphoric ester groups is 1. The highest BCUT2D eigenvalue weighted by Crippen LogP contribution is 2.43. The molecule has 0 spiro atoms. The zero-order valence-corrected chi connectivity index (χ0v) is 50.6. The Bertz CT molecular complexity index is 1430. The second kappa shape index (κ2) is 61.9. The highest BCUT2D eigenvalue weighted by molar-refractivity contribution is 7.47. The van der Waals surface area contributed by atoms with Crippen molar-refractivity contribution in [2.75, 3.05) is 26.4 Å². The van der Waals surface area contributed by atoms with E-state index in [-0.39, 0.29) is 38.6 Å². The summed E-state index contributed by atoms with van der Waals surface area (Å²) >= 11 is 0. The van der Waals surface area contributed by atoms with Crippen LogP contribution in [0.1, 0.15) is 316 Å². The van der Waals surface area contributed by atoms with Crippen molar-refractivity contribution in [1.29, 1.82) is 0 Å². The normalized spacial score (nSPS) is 13.4. The largest absolute Gasteiger partial charge is 0.472 e. The third-order valence-corrected chi connectivity index (χ3v) is 15.2. The van der Waals surface area contributed by atoms with Gasteiger partial charge in [0.2, 0.25) is 0 Å². The van der Waals surface area contributed by atoms with Gasteiger partial charge < -0.3 is 20.1 Å². The lowest BCUT2D eigenvalue weighted by molar-refractivity contribution is -0.161. The van der Waals surface area contributed by atoms with Crippen molar-refractivity contribution in [3.63, 3.8) is 0 Å². The molecule has 0 bridgehead atoms. The molecule has 10 heteroatoms. The van der Waals surface area contributed by atoms with Crippen molar-refractivity contribution in [2.45, 2.75) is 322 Å². The molecule has 0 amide bonds. The maximum atomic E-state index is 12.7. The summed E-state index contributed by atoms with van der Waals surface area (Å²) in [5, 5.41) is 0. The molecule has 0 aliphatic carbocycles. The van der Waals surface area contributed by atoms with Crippen LogP contribution >= 0.6 is 7.82 Å². The van der Waals surface area contributed by atoms with Gasteiger partial charge in [0.25, 0.3) is 0 Å². The lowest BCUT2D eigenvalue weighted by Gasteiger charge is -2.19. The third kappa shape index (κ3) is 60.9. The first-order valence-corrected chi connectivity index (χ1v) is 33.8. The van der Waals surface area contributed by atoms with Gasteiger partial charge in [-0.3, -0.25) is 18.6 Å². The SMILES string of the molecule is CC/C=C\C/C=C\C/C=C\C/C=C\C/C=C\CCCCCCCCCCCCCCCCCCCCCCCCCCCC(=O)OC(COC(=O)CCCCCCCCCCCCCCCC)COP(=O)(O)OCCN. The molecule has 0 aliphatic rings. The summed E-state index contributed by atoms with van der Waals surface area (Å²) in [6, 6.07) is 0. The van der Waals surface area contributed by atoms with Crippen LogP contribution in [-0.4, -0.2) is 49.3 Å². The molecular weight excluding hydrogens is 966 g/mol. The number of carbonyl (C=O) groups excluding carboxylic acids is 2. The molecule has 3 N–H and O–H groups in total. The lowest BCUT2D eigenvalue weighted by Crippen LogP contribution is -2.29. The summed E-state index contributed by atoms with van der Waals surface area (Å²) in [4.78, 5) is 35.2. The van der Waals surface area contributed by atoms with E-state index in [1.54, 1.807) is 0 Å². The van der Waals surface area contributed by atoms with E-state index in [0.29, 0.717) is 6.42 Å². The zero-order chi connectivity index (χ0) is 55.2. The highest BCUT2D eigenvalue weighted by atomic mass is 31.2. The standard InChI is InChI=1S/C66H122NO8P/c1-3-5-7-9-11-13-15-17-19-20-21-22-23-24-25-26-27-28-29-30-31-32-33-34-35-36-37-38-39-40-41-42-43-44-45-47-49-51-53-55-57-59-66(69)75-64(63-74-76(70,71)73-61-60-67)62-72-65(68)58-56-54-52-50-48-46-18-16-14-12-10-8-6-4-2/h5,7,11,13,17,19,21-22,24-25,64H,3-4,6,8-10,12,14-16,18,20,23,26-63,67H2,1-2H3,(H,70,71)/b7-5-,13-11-,19-17-,22-21-,25-24-. The Morgan fingerprint density at radius 2 is 0.724 bits per heavy atom. The summed E-state index contributed by atoms with van der Waals surface area (Å²) in [6.07, 6.45) is 78.9. The Morgan fingerprint density at radius 1 is 0.408 bits per heavy atom. The Kier molecular flexibility index (Phi) is 60.0. The molecule has 76 heavy (non-hydrogen) atoms. The van der Waals surface area contributed by atoms with E-state index in [2.05, 4.69) is 74.6 Å². The fourth-order valence-corrected chi connectivity index (χ4v) is 10.2. The minimum Gasteiger partial charge on any atom is -0.462 e. The molecular formula is C66H122NO8P. The number of ether oxygens (including phenoxy) is 2. The molecule has 0 radical (unpaired) electrons. The Labute approximate surface area is 469 Å². The van der Waals surface area contributed by atoms with Crippen molar-refractivity contribution in [2.24, 2.45) is 5.73 Å². The van der Waals surface area contributed by atoms with Crippen LogP contribution in [-0.2, 0) is 32.7 Å². The average Bonchev–Trinajstić information content (AvgIpc) is 3.41. The van der Waals surface area contributed by atoms with Crippen molar-refractivity contribution >= 4 is 19.8 Å². The van der Waals surface area contributed by atoms with E-state index in [1.165, 1.54) is 218 Å². The number of rotatable bonds is 61. The predicted molar refractivity (Wildman–Crippen MR) is 326 cm³/mol. The van der Waals surface area contributed by atoms with Crippen LogP contribution in [0, 0.1) is 0 Å². The molecule has 2 atom stereocenters. The molecule has 0 aromatic rings. The Morgan fingerprint density at radius 3 is 1.08 bits per heavy atom. The molecule has 0 aromatic carbocycles. The number of hydrogen-bond acceptors (Lipinski definition) is 8. The van der Waals surface area contributed by atoms with E-state index in [4.69, 9.17) is 24.3 Å². The van der Waals surface area contributed by atoms with E-state index in [1.807, 2.05) is 0 Å². The summed E-state index contributed by atoms with van der Waals surface area (Å²) < 4.78 is 33.0. The number of unbranched alkanes of at least 4 members (excludes halogenated alkanes) is 38. The van der Waals surface area contributed by atoms with Gasteiger partial charge in [0.1, 0.15) is 6.61 Å². The predicted octanol–water partition coefficient (Wildman–Crippen LogP) is 20.7. The van der Waals surface area contributed by atoms with Crippen molar-refractivity contribution in [3.8, 4) is 0 Å². The molecule has 444 valence electrons. The van der Waals surface area contributed by atoms with Gasteiger partial charge in [-0.1, -0.05) is 306 Å². The summed E-state index contributed by atoms with van der Waals surface area (Å²) in [5.41, 5.74) is 5.38. The minimum absolute atomic E-state index is 0.0558. The van der Waals surface area contributed by atoms with Crippen LogP contribution in [0.15, 0.2) is 60.8 Å². The Hall–Kier alpha value is -2.29. The Balaban J connectivity index is 3.73. The van der Waals surface area contributed by atoms with E-state index in [0.717, 1.165) is 64.2 Å². The fourth-order valence-electron chi connectivity index (χ4n) is 9.43. The molecule has 0 heterocycles. The first-order valence-electron chi connectivity index (χ1n) is 32.3. The minimum atomic E-state index is -4.38. The molecule has 9 nitrogen and oxygen atoms in total. The van der Waals surface area contributed by atoms with E-state index < -0.39 is 26.5 Å². The quantitative estimate of drug-likeness (QED) is 0.0264. The van der Waals surface area contributed by atoms with Crippen LogP contribution in [0.3, 0.4) is 0 Å². The zero-order valence-electron chi connectivity index (χ0n) is 49.7. The smallest absolute Gasteiger partial charge is 0.462 e. The van der Waals surface area contributed by atoms with Gasteiger partial charge in [-0.2, -0.15) is 0 Å². The van der Waals surface area contributed by atoms with Gasteiger partial charge in [-0.25, -0.2) is 4.57 Å². The second-order valence-corrected chi connectivity index (χ2v) is 23.1. The fraction of sp³-hybridized carbons (Fsp3) is 0.818. The summed E-state index contributed by atoms with van der Waals surface area (Å²) in [7, 11) is -4.38. The number of nitrogens with two attached hydrogens (primary N) is 1. The second-order valence-electron chi connectivity index (χ2n) is 21.6. The first kappa shape index (κ1) is 73.7. The van der Waals surface area contributed by atoms with Crippen molar-refractivity contribution < 1.29 is 37.6 Å².